The zero-order chi connectivity index (χ0) is 16.7. The van der Waals surface area contributed by atoms with E-state index in [2.05, 4.69) is 42.8 Å². The zero-order valence-electron chi connectivity index (χ0n) is 14.2. The van der Waals surface area contributed by atoms with Gasteiger partial charge in [-0.05, 0) is 36.7 Å². The van der Waals surface area contributed by atoms with Crippen LogP contribution in [0.15, 0.2) is 30.3 Å². The van der Waals surface area contributed by atoms with E-state index in [9.17, 15) is 8.42 Å². The van der Waals surface area contributed by atoms with Gasteiger partial charge < -0.3 is 4.74 Å². The largest absolute Gasteiger partial charge is 0.377 e. The van der Waals surface area contributed by atoms with Gasteiger partial charge in [0.1, 0.15) is 0 Å². The maximum absolute atomic E-state index is 11.7. The summed E-state index contributed by atoms with van der Waals surface area (Å²) >= 11 is 0. The molecule has 4 nitrogen and oxygen atoms in total. The van der Waals surface area contributed by atoms with Crippen molar-refractivity contribution in [1.29, 1.82) is 0 Å². The first-order valence-electron chi connectivity index (χ1n) is 8.44. The van der Waals surface area contributed by atoms with Gasteiger partial charge in [-0.15, -0.1) is 0 Å². The van der Waals surface area contributed by atoms with E-state index >= 15 is 0 Å². The summed E-state index contributed by atoms with van der Waals surface area (Å²) in [4.78, 5) is 0. The van der Waals surface area contributed by atoms with Gasteiger partial charge in [-0.25, -0.2) is 13.1 Å². The summed E-state index contributed by atoms with van der Waals surface area (Å²) in [6.45, 7) is 5.08. The molecular formula is C18H27NO3S. The summed E-state index contributed by atoms with van der Waals surface area (Å²) in [7, 11) is -3.18. The molecule has 2 fully saturated rings. The molecule has 0 aromatic heterocycles. The molecule has 0 unspecified atom stereocenters. The Morgan fingerprint density at radius 2 is 1.91 bits per heavy atom. The lowest BCUT2D eigenvalue weighted by Gasteiger charge is -2.44. The fraction of sp³-hybridized carbons (Fsp3) is 0.667. The number of rotatable bonds is 4. The predicted molar refractivity (Wildman–Crippen MR) is 91.8 cm³/mol. The van der Waals surface area contributed by atoms with Gasteiger partial charge in [0.15, 0.2) is 0 Å². The first-order chi connectivity index (χ1) is 10.8. The number of hydrogen-bond acceptors (Lipinski definition) is 3. The van der Waals surface area contributed by atoms with Crippen LogP contribution in [0.1, 0.15) is 38.7 Å². The topological polar surface area (TPSA) is 55.4 Å². The second-order valence-corrected chi connectivity index (χ2v) is 9.36. The van der Waals surface area contributed by atoms with Crippen molar-refractivity contribution in [3.05, 3.63) is 35.9 Å². The highest BCUT2D eigenvalue weighted by Gasteiger charge is 2.52. The molecule has 1 aliphatic carbocycles. The minimum Gasteiger partial charge on any atom is -0.377 e. The van der Waals surface area contributed by atoms with Crippen LogP contribution in [0.4, 0.5) is 0 Å². The van der Waals surface area contributed by atoms with Crippen molar-refractivity contribution in [2.45, 2.75) is 50.7 Å². The maximum Gasteiger partial charge on any atom is 0.208 e. The Morgan fingerprint density at radius 3 is 2.52 bits per heavy atom. The van der Waals surface area contributed by atoms with Crippen LogP contribution < -0.4 is 4.72 Å². The molecule has 5 heteroatoms. The van der Waals surface area contributed by atoms with Crippen molar-refractivity contribution in [1.82, 2.24) is 4.72 Å². The third-order valence-corrected chi connectivity index (χ3v) is 6.27. The molecule has 1 heterocycles. The van der Waals surface area contributed by atoms with Crippen molar-refractivity contribution in [2.24, 2.45) is 11.8 Å². The van der Waals surface area contributed by atoms with E-state index in [1.807, 2.05) is 6.07 Å². The third-order valence-electron chi connectivity index (χ3n) is 5.51. The van der Waals surface area contributed by atoms with Crippen LogP contribution in [0, 0.1) is 11.8 Å². The molecule has 0 radical (unpaired) electrons. The van der Waals surface area contributed by atoms with Crippen LogP contribution in [0.25, 0.3) is 0 Å². The van der Waals surface area contributed by atoms with Crippen LogP contribution in [0.3, 0.4) is 0 Å². The molecular weight excluding hydrogens is 310 g/mol. The number of hydrogen-bond donors (Lipinski definition) is 1. The Kier molecular flexibility index (Phi) is 4.55. The fourth-order valence-electron chi connectivity index (χ4n) is 4.43. The summed E-state index contributed by atoms with van der Waals surface area (Å²) < 4.78 is 32.4. The van der Waals surface area contributed by atoms with Gasteiger partial charge in [0.05, 0.1) is 19.0 Å². The predicted octanol–water partition coefficient (Wildman–Crippen LogP) is 2.70. The molecule has 0 bridgehead atoms. The Labute approximate surface area is 139 Å². The van der Waals surface area contributed by atoms with Crippen LogP contribution in [0.2, 0.25) is 0 Å². The maximum atomic E-state index is 11.7. The van der Waals surface area contributed by atoms with E-state index < -0.39 is 10.0 Å². The molecule has 1 aromatic carbocycles. The van der Waals surface area contributed by atoms with Crippen LogP contribution >= 0.6 is 0 Å². The van der Waals surface area contributed by atoms with E-state index in [-0.39, 0.29) is 17.6 Å². The lowest BCUT2D eigenvalue weighted by molar-refractivity contribution is -0.0733. The highest BCUT2D eigenvalue weighted by Crippen LogP contribution is 2.51. The number of benzene rings is 1. The SMILES string of the molecule is CC(C)[C@@H]1C[C@@H]2C[C@@H](NS(C)(=O)=O)C[C@]2(c2ccccc2)CO1. The third kappa shape index (κ3) is 3.47. The first-order valence-corrected chi connectivity index (χ1v) is 10.3. The van der Waals surface area contributed by atoms with E-state index in [1.165, 1.54) is 11.8 Å². The van der Waals surface area contributed by atoms with Gasteiger partial charge in [0.2, 0.25) is 10.0 Å². The van der Waals surface area contributed by atoms with E-state index in [0.717, 1.165) is 19.3 Å². The Balaban J connectivity index is 1.90. The Bertz CT molecular complexity index is 643. The second-order valence-electron chi connectivity index (χ2n) is 7.58. The van der Waals surface area contributed by atoms with Gasteiger partial charge in [0.25, 0.3) is 0 Å². The fourth-order valence-corrected chi connectivity index (χ4v) is 5.21. The van der Waals surface area contributed by atoms with Gasteiger partial charge in [-0.2, -0.15) is 0 Å². The minimum absolute atomic E-state index is 0.00437. The molecule has 1 N–H and O–H groups in total. The standard InChI is InChI=1S/C18H27NO3S/c1-13(2)17-10-15-9-16(19-23(3,20)21)11-18(15,12-22-17)14-7-5-4-6-8-14/h4-8,13,15-17,19H,9-12H2,1-3H3/t15-,16+,17-,18+/m0/s1. The number of fused-ring (bicyclic) bond motifs is 1. The molecule has 128 valence electrons. The quantitative estimate of drug-likeness (QED) is 0.919. The summed E-state index contributed by atoms with van der Waals surface area (Å²) in [5.74, 6) is 0.955. The van der Waals surface area contributed by atoms with Crippen LogP contribution in [0.5, 0.6) is 0 Å². The molecule has 0 spiro atoms. The summed E-state index contributed by atoms with van der Waals surface area (Å²) in [5.41, 5.74) is 1.22. The minimum atomic E-state index is -3.18. The Morgan fingerprint density at radius 1 is 1.22 bits per heavy atom. The van der Waals surface area contributed by atoms with Crippen LogP contribution in [-0.4, -0.2) is 33.4 Å². The molecule has 4 atom stereocenters. The average molecular weight is 337 g/mol. The smallest absolute Gasteiger partial charge is 0.208 e. The highest BCUT2D eigenvalue weighted by molar-refractivity contribution is 7.88. The van der Waals surface area contributed by atoms with E-state index in [0.29, 0.717) is 18.4 Å². The van der Waals surface area contributed by atoms with Crippen molar-refractivity contribution in [2.75, 3.05) is 12.9 Å². The Hall–Kier alpha value is -0.910. The van der Waals surface area contributed by atoms with Gasteiger partial charge in [-0.3, -0.25) is 0 Å². The monoisotopic (exact) mass is 337 g/mol. The summed E-state index contributed by atoms with van der Waals surface area (Å²) in [6, 6.07) is 10.5. The molecule has 1 saturated heterocycles. The van der Waals surface area contributed by atoms with Gasteiger partial charge >= 0.3 is 0 Å². The summed E-state index contributed by atoms with van der Waals surface area (Å²) in [6.07, 6.45) is 4.24. The van der Waals surface area contributed by atoms with E-state index in [1.54, 1.807) is 0 Å². The zero-order valence-corrected chi connectivity index (χ0v) is 15.0. The molecule has 23 heavy (non-hydrogen) atoms. The van der Waals surface area contributed by atoms with Gasteiger partial charge in [0, 0.05) is 11.5 Å². The average Bonchev–Trinajstić information content (AvgIpc) is 2.83. The van der Waals surface area contributed by atoms with Crippen molar-refractivity contribution >= 4 is 10.0 Å². The molecule has 1 saturated carbocycles. The van der Waals surface area contributed by atoms with Crippen LogP contribution in [-0.2, 0) is 20.2 Å². The van der Waals surface area contributed by atoms with Crippen molar-refractivity contribution in [3.63, 3.8) is 0 Å². The molecule has 3 rings (SSSR count). The second kappa shape index (κ2) is 6.19. The number of ether oxygens (including phenoxy) is 1. The molecule has 1 aromatic rings. The lowest BCUT2D eigenvalue weighted by atomic mass is 9.68. The molecule has 2 aliphatic rings. The first kappa shape index (κ1) is 16.9. The van der Waals surface area contributed by atoms with Crippen molar-refractivity contribution in [3.8, 4) is 0 Å². The normalized spacial score (nSPS) is 34.5. The lowest BCUT2D eigenvalue weighted by Crippen LogP contribution is -2.45. The highest BCUT2D eigenvalue weighted by atomic mass is 32.2. The summed E-state index contributed by atoms with van der Waals surface area (Å²) in [5, 5.41) is 0. The number of nitrogens with one attached hydrogen (secondary N) is 1. The van der Waals surface area contributed by atoms with Crippen molar-refractivity contribution < 1.29 is 13.2 Å². The number of sulfonamides is 1. The van der Waals surface area contributed by atoms with Gasteiger partial charge in [-0.1, -0.05) is 44.2 Å². The molecule has 0 amide bonds. The molecule has 1 aliphatic heterocycles. The van der Waals surface area contributed by atoms with E-state index in [4.69, 9.17) is 4.74 Å².